The van der Waals surface area contributed by atoms with Crippen LogP contribution in [0.4, 0.5) is 5.95 Å². The lowest BCUT2D eigenvalue weighted by Gasteiger charge is -2.05. The summed E-state index contributed by atoms with van der Waals surface area (Å²) in [5.41, 5.74) is 1.95. The molecule has 2 N–H and O–H groups in total. The van der Waals surface area contributed by atoms with Crippen molar-refractivity contribution in [3.8, 4) is 0 Å². The largest absolute Gasteiger partial charge is 0.343 e. The smallest absolute Gasteiger partial charge is 0.243 e. The molecule has 1 atom stereocenters. The molecule has 0 bridgehead atoms. The second-order valence-corrected chi connectivity index (χ2v) is 4.08. The predicted molar refractivity (Wildman–Crippen MR) is 63.9 cm³/mol. The zero-order chi connectivity index (χ0) is 12.5. The first-order chi connectivity index (χ1) is 8.72. The summed E-state index contributed by atoms with van der Waals surface area (Å²) in [5, 5.41) is 21.2. The van der Waals surface area contributed by atoms with E-state index in [2.05, 4.69) is 36.0 Å². The summed E-state index contributed by atoms with van der Waals surface area (Å²) >= 11 is 0. The Morgan fingerprint density at radius 2 is 2.33 bits per heavy atom. The molecule has 0 aliphatic carbocycles. The third kappa shape index (κ3) is 1.88. The first-order valence-electron chi connectivity index (χ1n) is 5.55. The van der Waals surface area contributed by atoms with E-state index < -0.39 is 0 Å². The molecule has 3 rings (SSSR count). The van der Waals surface area contributed by atoms with Crippen LogP contribution in [0.5, 0.6) is 0 Å². The molecule has 0 spiro atoms. The Hall–Kier alpha value is -2.51. The van der Waals surface area contributed by atoms with Crippen molar-refractivity contribution in [2.45, 2.75) is 19.9 Å². The van der Waals surface area contributed by atoms with Crippen molar-refractivity contribution < 1.29 is 0 Å². The van der Waals surface area contributed by atoms with Gasteiger partial charge >= 0.3 is 0 Å². The van der Waals surface area contributed by atoms with Gasteiger partial charge in [-0.25, -0.2) is 4.52 Å². The number of aromatic nitrogens is 7. The number of hydrogen-bond donors (Lipinski definition) is 2. The van der Waals surface area contributed by atoms with Crippen LogP contribution in [0.3, 0.4) is 0 Å². The molecule has 3 aromatic rings. The maximum absolute atomic E-state index is 4.38. The standard InChI is InChI=1S/C10H12N8/c1-6-3-4-18-8(5-6)12-10(15-18)11-7(2)9-13-16-17-14-9/h3-5,7H,1-2H3,(H,11,15)(H,13,14,16,17). The molecular formula is C10H12N8. The summed E-state index contributed by atoms with van der Waals surface area (Å²) < 4.78 is 1.72. The first-order valence-corrected chi connectivity index (χ1v) is 5.55. The Morgan fingerprint density at radius 3 is 3.11 bits per heavy atom. The predicted octanol–water partition coefficient (Wildman–Crippen LogP) is 0.724. The number of nitrogens with one attached hydrogen (secondary N) is 2. The van der Waals surface area contributed by atoms with E-state index in [1.54, 1.807) is 4.52 Å². The van der Waals surface area contributed by atoms with Gasteiger partial charge in [0, 0.05) is 6.20 Å². The number of aryl methyl sites for hydroxylation is 1. The van der Waals surface area contributed by atoms with Crippen molar-refractivity contribution in [3.05, 3.63) is 29.7 Å². The second-order valence-electron chi connectivity index (χ2n) is 4.08. The van der Waals surface area contributed by atoms with Crippen LogP contribution in [0, 0.1) is 6.92 Å². The average Bonchev–Trinajstić information content (AvgIpc) is 2.95. The Balaban J connectivity index is 1.86. The Morgan fingerprint density at radius 1 is 1.44 bits per heavy atom. The third-order valence-corrected chi connectivity index (χ3v) is 2.59. The number of pyridine rings is 1. The Bertz CT molecular complexity index is 656. The van der Waals surface area contributed by atoms with E-state index in [4.69, 9.17) is 0 Å². The van der Waals surface area contributed by atoms with Gasteiger partial charge in [0.05, 0.1) is 6.04 Å². The van der Waals surface area contributed by atoms with Crippen molar-refractivity contribution in [1.29, 1.82) is 0 Å². The van der Waals surface area contributed by atoms with Crippen LogP contribution in [0.2, 0.25) is 0 Å². The fraction of sp³-hybridized carbons (Fsp3) is 0.300. The van der Waals surface area contributed by atoms with E-state index >= 15 is 0 Å². The number of H-pyrrole nitrogens is 1. The van der Waals surface area contributed by atoms with Gasteiger partial charge in [0.1, 0.15) is 0 Å². The van der Waals surface area contributed by atoms with Crippen molar-refractivity contribution in [2.24, 2.45) is 0 Å². The van der Waals surface area contributed by atoms with E-state index in [0.717, 1.165) is 11.2 Å². The third-order valence-electron chi connectivity index (χ3n) is 2.59. The normalized spacial score (nSPS) is 12.8. The quantitative estimate of drug-likeness (QED) is 0.704. The number of nitrogens with zero attached hydrogens (tertiary/aromatic N) is 6. The molecule has 0 saturated carbocycles. The molecule has 1 unspecified atom stereocenters. The Labute approximate surface area is 102 Å². The molecule has 0 aliphatic rings. The first kappa shape index (κ1) is 10.6. The molecule has 0 saturated heterocycles. The molecule has 3 heterocycles. The summed E-state index contributed by atoms with van der Waals surface area (Å²) in [6.45, 7) is 3.94. The SMILES string of the molecule is Cc1ccn2nc(NC(C)c3nn[nH]n3)nc2c1. The van der Waals surface area contributed by atoms with Crippen LogP contribution in [0.15, 0.2) is 18.3 Å². The van der Waals surface area contributed by atoms with Gasteiger partial charge in [-0.15, -0.1) is 15.3 Å². The van der Waals surface area contributed by atoms with E-state index in [9.17, 15) is 0 Å². The summed E-state index contributed by atoms with van der Waals surface area (Å²) in [6, 6.07) is 3.84. The highest BCUT2D eigenvalue weighted by molar-refractivity contribution is 5.45. The lowest BCUT2D eigenvalue weighted by molar-refractivity contribution is 0.779. The monoisotopic (exact) mass is 244 g/mol. The molecular weight excluding hydrogens is 232 g/mol. The molecule has 8 nitrogen and oxygen atoms in total. The highest BCUT2D eigenvalue weighted by atomic mass is 15.5. The zero-order valence-corrected chi connectivity index (χ0v) is 9.99. The van der Waals surface area contributed by atoms with Gasteiger partial charge in [-0.3, -0.25) is 0 Å². The number of tetrazole rings is 1. The lowest BCUT2D eigenvalue weighted by atomic mass is 10.3. The van der Waals surface area contributed by atoms with E-state index in [-0.39, 0.29) is 6.04 Å². The number of hydrogen-bond acceptors (Lipinski definition) is 6. The number of anilines is 1. The van der Waals surface area contributed by atoms with Crippen LogP contribution in [-0.4, -0.2) is 35.2 Å². The minimum atomic E-state index is -0.109. The zero-order valence-electron chi connectivity index (χ0n) is 9.99. The van der Waals surface area contributed by atoms with E-state index in [0.29, 0.717) is 11.8 Å². The molecule has 0 aliphatic heterocycles. The second kappa shape index (κ2) is 4.06. The van der Waals surface area contributed by atoms with E-state index in [1.165, 1.54) is 0 Å². The van der Waals surface area contributed by atoms with Crippen LogP contribution in [0.25, 0.3) is 5.65 Å². The molecule has 3 aromatic heterocycles. The van der Waals surface area contributed by atoms with Crippen molar-refractivity contribution in [1.82, 2.24) is 35.2 Å². The van der Waals surface area contributed by atoms with Crippen molar-refractivity contribution in [3.63, 3.8) is 0 Å². The highest BCUT2D eigenvalue weighted by Gasteiger charge is 2.12. The number of fused-ring (bicyclic) bond motifs is 1. The fourth-order valence-electron chi connectivity index (χ4n) is 1.66. The van der Waals surface area contributed by atoms with Gasteiger partial charge in [-0.2, -0.15) is 10.2 Å². The van der Waals surface area contributed by atoms with Gasteiger partial charge < -0.3 is 5.32 Å². The minimum absolute atomic E-state index is 0.109. The lowest BCUT2D eigenvalue weighted by Crippen LogP contribution is -2.09. The molecule has 0 radical (unpaired) electrons. The fourth-order valence-corrected chi connectivity index (χ4v) is 1.66. The van der Waals surface area contributed by atoms with Gasteiger partial charge in [0.15, 0.2) is 11.5 Å². The van der Waals surface area contributed by atoms with Gasteiger partial charge in [0.2, 0.25) is 5.95 Å². The minimum Gasteiger partial charge on any atom is -0.343 e. The molecule has 0 fully saturated rings. The maximum atomic E-state index is 4.38. The van der Waals surface area contributed by atoms with E-state index in [1.807, 2.05) is 32.2 Å². The van der Waals surface area contributed by atoms with Gasteiger partial charge in [-0.1, -0.05) is 5.21 Å². The molecule has 92 valence electrons. The van der Waals surface area contributed by atoms with Crippen LogP contribution in [-0.2, 0) is 0 Å². The summed E-state index contributed by atoms with van der Waals surface area (Å²) in [4.78, 5) is 4.38. The van der Waals surface area contributed by atoms with Gasteiger partial charge in [-0.05, 0) is 31.5 Å². The van der Waals surface area contributed by atoms with Crippen LogP contribution < -0.4 is 5.32 Å². The summed E-state index contributed by atoms with van der Waals surface area (Å²) in [7, 11) is 0. The maximum Gasteiger partial charge on any atom is 0.243 e. The van der Waals surface area contributed by atoms with Crippen LogP contribution >= 0.6 is 0 Å². The Kier molecular flexibility index (Phi) is 2.40. The molecule has 8 heteroatoms. The molecule has 0 aromatic carbocycles. The summed E-state index contributed by atoms with van der Waals surface area (Å²) in [6.07, 6.45) is 1.88. The summed E-state index contributed by atoms with van der Waals surface area (Å²) in [5.74, 6) is 1.11. The van der Waals surface area contributed by atoms with Crippen LogP contribution in [0.1, 0.15) is 24.4 Å². The molecule has 0 amide bonds. The van der Waals surface area contributed by atoms with Gasteiger partial charge in [0.25, 0.3) is 0 Å². The van der Waals surface area contributed by atoms with Crippen molar-refractivity contribution in [2.75, 3.05) is 5.32 Å². The number of rotatable bonds is 3. The topological polar surface area (TPSA) is 96.7 Å². The van der Waals surface area contributed by atoms with Crippen molar-refractivity contribution >= 4 is 11.6 Å². The average molecular weight is 244 g/mol. The number of aromatic amines is 1. The molecule has 18 heavy (non-hydrogen) atoms. The highest BCUT2D eigenvalue weighted by Crippen LogP contribution is 2.13.